The fourth-order valence-corrected chi connectivity index (χ4v) is 2.13. The quantitative estimate of drug-likeness (QED) is 0.791. The number of ether oxygens (including phenoxy) is 1. The van der Waals surface area contributed by atoms with Gasteiger partial charge < -0.3 is 20.3 Å². The van der Waals surface area contributed by atoms with Gasteiger partial charge in [-0.05, 0) is 20.8 Å². The zero-order chi connectivity index (χ0) is 16.2. The van der Waals surface area contributed by atoms with E-state index >= 15 is 0 Å². The third-order valence-corrected chi connectivity index (χ3v) is 3.37. The van der Waals surface area contributed by atoms with Gasteiger partial charge in [-0.15, -0.1) is 0 Å². The maximum Gasteiger partial charge on any atom is 0.410 e. The van der Waals surface area contributed by atoms with E-state index in [0.717, 1.165) is 0 Å². The Bertz CT molecular complexity index is 379. The van der Waals surface area contributed by atoms with Crippen molar-refractivity contribution in [2.45, 2.75) is 32.4 Å². The molecule has 0 spiro atoms. The van der Waals surface area contributed by atoms with E-state index in [1.807, 2.05) is 25.7 Å². The van der Waals surface area contributed by atoms with Crippen molar-refractivity contribution < 1.29 is 14.3 Å². The van der Waals surface area contributed by atoms with Gasteiger partial charge in [-0.2, -0.15) is 0 Å². The van der Waals surface area contributed by atoms with Crippen molar-refractivity contribution >= 4 is 12.0 Å². The molecule has 1 saturated heterocycles. The van der Waals surface area contributed by atoms with Gasteiger partial charge in [0.25, 0.3) is 0 Å². The summed E-state index contributed by atoms with van der Waals surface area (Å²) in [7, 11) is 3.47. The van der Waals surface area contributed by atoms with Crippen LogP contribution in [0.1, 0.15) is 20.8 Å². The monoisotopic (exact) mass is 300 g/mol. The summed E-state index contributed by atoms with van der Waals surface area (Å²) in [5, 5.41) is 0. The molecule has 0 aliphatic carbocycles. The molecule has 2 N–H and O–H groups in total. The van der Waals surface area contributed by atoms with Crippen LogP contribution < -0.4 is 5.73 Å². The lowest BCUT2D eigenvalue weighted by Gasteiger charge is -2.41. The van der Waals surface area contributed by atoms with Crippen LogP contribution in [-0.4, -0.2) is 85.2 Å². The lowest BCUT2D eigenvalue weighted by atomic mass is 10.1. The van der Waals surface area contributed by atoms with E-state index < -0.39 is 5.60 Å². The van der Waals surface area contributed by atoms with Crippen molar-refractivity contribution in [2.75, 3.05) is 46.8 Å². The van der Waals surface area contributed by atoms with Gasteiger partial charge in [-0.25, -0.2) is 4.79 Å². The van der Waals surface area contributed by atoms with Crippen LogP contribution in [0, 0.1) is 0 Å². The second-order valence-electron chi connectivity index (χ2n) is 6.57. The number of hydrogen-bond acceptors (Lipinski definition) is 5. The molecule has 1 heterocycles. The van der Waals surface area contributed by atoms with E-state index in [1.165, 1.54) is 0 Å². The van der Waals surface area contributed by atoms with Crippen molar-refractivity contribution in [1.82, 2.24) is 14.7 Å². The van der Waals surface area contributed by atoms with Gasteiger partial charge in [0, 0.05) is 46.3 Å². The molecule has 0 bridgehead atoms. The van der Waals surface area contributed by atoms with Crippen LogP contribution in [0.4, 0.5) is 4.79 Å². The molecule has 7 nitrogen and oxygen atoms in total. The second kappa shape index (κ2) is 7.09. The summed E-state index contributed by atoms with van der Waals surface area (Å²) in [5.74, 6) is 0.0409. The molecule has 1 atom stereocenters. The van der Waals surface area contributed by atoms with E-state index in [2.05, 4.69) is 0 Å². The molecule has 1 unspecified atom stereocenters. The van der Waals surface area contributed by atoms with Gasteiger partial charge in [0.15, 0.2) is 0 Å². The minimum absolute atomic E-state index is 0.0184. The Labute approximate surface area is 127 Å². The van der Waals surface area contributed by atoms with Crippen LogP contribution in [0.3, 0.4) is 0 Å². The van der Waals surface area contributed by atoms with Crippen molar-refractivity contribution in [1.29, 1.82) is 0 Å². The lowest BCUT2D eigenvalue weighted by Crippen LogP contribution is -2.59. The van der Waals surface area contributed by atoms with Crippen LogP contribution in [0.2, 0.25) is 0 Å². The molecule has 0 saturated carbocycles. The highest BCUT2D eigenvalue weighted by Crippen LogP contribution is 2.14. The molecule has 0 radical (unpaired) electrons. The zero-order valence-electron chi connectivity index (χ0n) is 13.8. The van der Waals surface area contributed by atoms with E-state index in [1.54, 1.807) is 23.9 Å². The first-order valence-corrected chi connectivity index (χ1v) is 7.26. The van der Waals surface area contributed by atoms with Crippen molar-refractivity contribution in [3.8, 4) is 0 Å². The number of hydrogen-bond donors (Lipinski definition) is 1. The predicted molar refractivity (Wildman–Crippen MR) is 80.9 cm³/mol. The third-order valence-electron chi connectivity index (χ3n) is 3.37. The van der Waals surface area contributed by atoms with E-state index in [-0.39, 0.29) is 18.0 Å². The first-order valence-electron chi connectivity index (χ1n) is 7.26. The molecule has 1 rings (SSSR count). The van der Waals surface area contributed by atoms with Crippen molar-refractivity contribution in [3.05, 3.63) is 0 Å². The standard InChI is InChI=1S/C14H28N4O3/c1-14(2,3)21-13(20)18-7-6-17(11(8-15)9-18)10-12(19)16(4)5/h11H,6-10,15H2,1-5H3. The number of amides is 2. The van der Waals surface area contributed by atoms with Gasteiger partial charge in [-0.3, -0.25) is 9.69 Å². The summed E-state index contributed by atoms with van der Waals surface area (Å²) < 4.78 is 5.38. The van der Waals surface area contributed by atoms with E-state index in [4.69, 9.17) is 10.5 Å². The van der Waals surface area contributed by atoms with Crippen molar-refractivity contribution in [2.24, 2.45) is 5.73 Å². The van der Waals surface area contributed by atoms with Crippen LogP contribution >= 0.6 is 0 Å². The maximum absolute atomic E-state index is 12.1. The van der Waals surface area contributed by atoms with Crippen LogP contribution in [-0.2, 0) is 9.53 Å². The summed E-state index contributed by atoms with van der Waals surface area (Å²) in [4.78, 5) is 29.2. The molecule has 2 amide bonds. The molecule has 1 fully saturated rings. The summed E-state index contributed by atoms with van der Waals surface area (Å²) in [6.45, 7) is 7.93. The number of nitrogens with two attached hydrogens (primary N) is 1. The highest BCUT2D eigenvalue weighted by Gasteiger charge is 2.32. The smallest absolute Gasteiger partial charge is 0.410 e. The second-order valence-corrected chi connectivity index (χ2v) is 6.57. The summed E-state index contributed by atoms with van der Waals surface area (Å²) in [5.41, 5.74) is 5.28. The third kappa shape index (κ3) is 5.51. The molecule has 1 aliphatic rings. The molecule has 122 valence electrons. The molecule has 1 aliphatic heterocycles. The molecule has 0 aromatic rings. The number of carbonyl (C=O) groups excluding carboxylic acids is 2. The van der Waals surface area contributed by atoms with Gasteiger partial charge >= 0.3 is 6.09 Å². The fourth-order valence-electron chi connectivity index (χ4n) is 2.13. The minimum Gasteiger partial charge on any atom is -0.444 e. The first-order chi connectivity index (χ1) is 9.64. The average molecular weight is 300 g/mol. The Morgan fingerprint density at radius 1 is 1.29 bits per heavy atom. The Morgan fingerprint density at radius 3 is 2.38 bits per heavy atom. The summed E-state index contributed by atoms with van der Waals surface area (Å²) in [6, 6.07) is -0.0184. The predicted octanol–water partition coefficient (Wildman–Crippen LogP) is -0.0454. The Kier molecular flexibility index (Phi) is 5.98. The Morgan fingerprint density at radius 2 is 1.90 bits per heavy atom. The Balaban J connectivity index is 2.60. The van der Waals surface area contributed by atoms with Gasteiger partial charge in [0.1, 0.15) is 5.60 Å². The number of likely N-dealkylation sites (N-methyl/N-ethyl adjacent to an activating group) is 1. The molecular weight excluding hydrogens is 272 g/mol. The zero-order valence-corrected chi connectivity index (χ0v) is 13.8. The maximum atomic E-state index is 12.1. The molecule has 21 heavy (non-hydrogen) atoms. The fraction of sp³-hybridized carbons (Fsp3) is 0.857. The molecule has 7 heteroatoms. The normalized spacial score (nSPS) is 20.3. The highest BCUT2D eigenvalue weighted by molar-refractivity contribution is 5.77. The number of piperazine rings is 1. The van der Waals surface area contributed by atoms with Gasteiger partial charge in [-0.1, -0.05) is 0 Å². The number of rotatable bonds is 3. The van der Waals surface area contributed by atoms with Crippen LogP contribution in [0.25, 0.3) is 0 Å². The first kappa shape index (κ1) is 17.7. The summed E-state index contributed by atoms with van der Waals surface area (Å²) in [6.07, 6.45) is -0.320. The van der Waals surface area contributed by atoms with Gasteiger partial charge in [0.05, 0.1) is 6.54 Å². The average Bonchev–Trinajstić information content (AvgIpc) is 2.36. The summed E-state index contributed by atoms with van der Waals surface area (Å²) >= 11 is 0. The minimum atomic E-state index is -0.507. The van der Waals surface area contributed by atoms with E-state index in [9.17, 15) is 9.59 Å². The topological polar surface area (TPSA) is 79.1 Å². The number of carbonyl (C=O) groups is 2. The molecule has 0 aromatic carbocycles. The van der Waals surface area contributed by atoms with E-state index in [0.29, 0.717) is 32.7 Å². The van der Waals surface area contributed by atoms with Crippen molar-refractivity contribution in [3.63, 3.8) is 0 Å². The highest BCUT2D eigenvalue weighted by atomic mass is 16.6. The molecular formula is C14H28N4O3. The number of nitrogens with zero attached hydrogens (tertiary/aromatic N) is 3. The van der Waals surface area contributed by atoms with Crippen LogP contribution in [0.15, 0.2) is 0 Å². The largest absolute Gasteiger partial charge is 0.444 e. The van der Waals surface area contributed by atoms with Crippen LogP contribution in [0.5, 0.6) is 0 Å². The lowest BCUT2D eigenvalue weighted by molar-refractivity contribution is -0.131. The molecule has 0 aromatic heterocycles. The van der Waals surface area contributed by atoms with Gasteiger partial charge in [0.2, 0.25) is 5.91 Å². The SMILES string of the molecule is CN(C)C(=O)CN1CCN(C(=O)OC(C)(C)C)CC1CN. The Hall–Kier alpha value is -1.34.